The zero-order chi connectivity index (χ0) is 17.5. The van der Waals surface area contributed by atoms with Gasteiger partial charge in [0.25, 0.3) is 5.91 Å². The predicted octanol–water partition coefficient (Wildman–Crippen LogP) is 1.61. The highest BCUT2D eigenvalue weighted by atomic mass is 32.2. The van der Waals surface area contributed by atoms with Gasteiger partial charge in [-0.3, -0.25) is 4.79 Å². The maximum atomic E-state index is 11.9. The van der Waals surface area contributed by atoms with Gasteiger partial charge in [-0.1, -0.05) is 30.0 Å². The number of nitrogens with zero attached hydrogens (tertiary/aromatic N) is 5. The fourth-order valence-corrected chi connectivity index (χ4v) is 2.58. The number of amides is 1. The zero-order valence-electron chi connectivity index (χ0n) is 13.0. The number of hydrazone groups is 1. The minimum absolute atomic E-state index is 0.125. The quantitative estimate of drug-likeness (QED) is 0.396. The van der Waals surface area contributed by atoms with Crippen molar-refractivity contribution in [3.05, 3.63) is 60.2 Å². The number of aromatic nitrogens is 4. The van der Waals surface area contributed by atoms with E-state index in [4.69, 9.17) is 0 Å². The van der Waals surface area contributed by atoms with Crippen LogP contribution in [-0.4, -0.2) is 43.2 Å². The van der Waals surface area contributed by atoms with Crippen LogP contribution in [0.25, 0.3) is 5.69 Å². The van der Waals surface area contributed by atoms with Gasteiger partial charge in [0.15, 0.2) is 0 Å². The molecule has 0 aliphatic heterocycles. The van der Waals surface area contributed by atoms with E-state index < -0.39 is 0 Å². The van der Waals surface area contributed by atoms with Crippen molar-refractivity contribution in [2.24, 2.45) is 5.10 Å². The van der Waals surface area contributed by atoms with Crippen LogP contribution in [0.5, 0.6) is 5.75 Å². The monoisotopic (exact) mass is 354 g/mol. The molecule has 0 saturated heterocycles. The van der Waals surface area contributed by atoms with Crippen molar-refractivity contribution in [2.45, 2.75) is 5.16 Å². The topological polar surface area (TPSA) is 105 Å². The molecule has 0 bridgehead atoms. The molecule has 1 amide bonds. The molecule has 1 aromatic heterocycles. The van der Waals surface area contributed by atoms with E-state index in [0.29, 0.717) is 5.16 Å². The van der Waals surface area contributed by atoms with Crippen LogP contribution in [0.1, 0.15) is 5.56 Å². The fraction of sp³-hybridized carbons (Fsp3) is 0.0625. The van der Waals surface area contributed by atoms with Crippen molar-refractivity contribution in [3.63, 3.8) is 0 Å². The number of rotatable bonds is 6. The van der Waals surface area contributed by atoms with Gasteiger partial charge in [-0.2, -0.15) is 9.78 Å². The van der Waals surface area contributed by atoms with Gasteiger partial charge in [0.1, 0.15) is 5.75 Å². The van der Waals surface area contributed by atoms with E-state index in [0.717, 1.165) is 11.3 Å². The van der Waals surface area contributed by atoms with Crippen molar-refractivity contribution in [2.75, 3.05) is 5.75 Å². The first-order chi connectivity index (χ1) is 12.2. The molecule has 8 nitrogen and oxygen atoms in total. The molecule has 9 heteroatoms. The number of carbonyl (C=O) groups excluding carboxylic acids is 1. The lowest BCUT2D eigenvalue weighted by molar-refractivity contribution is -0.118. The van der Waals surface area contributed by atoms with Crippen molar-refractivity contribution < 1.29 is 9.90 Å². The average Bonchev–Trinajstić information content (AvgIpc) is 3.11. The Bertz CT molecular complexity index is 864. The number of thioether (sulfide) groups is 1. The van der Waals surface area contributed by atoms with Crippen molar-refractivity contribution in [1.82, 2.24) is 25.6 Å². The van der Waals surface area contributed by atoms with Crippen molar-refractivity contribution in [3.8, 4) is 11.4 Å². The molecule has 0 fully saturated rings. The van der Waals surface area contributed by atoms with Crippen molar-refractivity contribution >= 4 is 23.9 Å². The smallest absolute Gasteiger partial charge is 0.250 e. The standard InChI is InChI=1S/C16H14N6O2S/c23-14-8-6-12(7-9-14)10-17-18-15(24)11-25-16-19-20-21-22(16)13-4-2-1-3-5-13/h1-10,23H,11H2,(H,18,24). The summed E-state index contributed by atoms with van der Waals surface area (Å²) in [7, 11) is 0. The number of carbonyl (C=O) groups is 1. The van der Waals surface area contributed by atoms with Crippen LogP contribution in [0.2, 0.25) is 0 Å². The second-order valence-electron chi connectivity index (χ2n) is 4.88. The van der Waals surface area contributed by atoms with Crippen LogP contribution in [0, 0.1) is 0 Å². The third kappa shape index (κ3) is 4.64. The number of tetrazole rings is 1. The van der Waals surface area contributed by atoms with E-state index in [1.165, 1.54) is 18.0 Å². The Kier molecular flexibility index (Phi) is 5.37. The number of phenolic OH excluding ortho intramolecular Hbond substituents is 1. The van der Waals surface area contributed by atoms with Gasteiger partial charge in [-0.25, -0.2) is 5.43 Å². The molecule has 2 aromatic carbocycles. The number of nitrogens with one attached hydrogen (secondary N) is 1. The summed E-state index contributed by atoms with van der Waals surface area (Å²) in [6.07, 6.45) is 1.50. The van der Waals surface area contributed by atoms with E-state index in [9.17, 15) is 9.90 Å². The molecule has 0 radical (unpaired) electrons. The normalized spacial score (nSPS) is 10.9. The van der Waals surface area contributed by atoms with Gasteiger partial charge < -0.3 is 5.11 Å². The van der Waals surface area contributed by atoms with Crippen molar-refractivity contribution in [1.29, 1.82) is 0 Å². The van der Waals surface area contributed by atoms with E-state index in [1.54, 1.807) is 28.9 Å². The minimum atomic E-state index is -0.275. The molecular formula is C16H14N6O2S. The molecule has 0 aliphatic rings. The molecular weight excluding hydrogens is 340 g/mol. The van der Waals surface area contributed by atoms with E-state index >= 15 is 0 Å². The fourth-order valence-electron chi connectivity index (χ4n) is 1.90. The van der Waals surface area contributed by atoms with Crippen LogP contribution in [0.4, 0.5) is 0 Å². The summed E-state index contributed by atoms with van der Waals surface area (Å²) in [6, 6.07) is 15.9. The van der Waals surface area contributed by atoms with Gasteiger partial charge in [-0.05, 0) is 52.4 Å². The highest BCUT2D eigenvalue weighted by Gasteiger charge is 2.10. The van der Waals surface area contributed by atoms with Crippen LogP contribution >= 0.6 is 11.8 Å². The summed E-state index contributed by atoms with van der Waals surface area (Å²) in [5.74, 6) is 0.0245. The Morgan fingerprint density at radius 2 is 1.96 bits per heavy atom. The van der Waals surface area contributed by atoms with Gasteiger partial charge in [0, 0.05) is 0 Å². The number of aromatic hydroxyl groups is 1. The van der Waals surface area contributed by atoms with Gasteiger partial charge in [0.2, 0.25) is 5.16 Å². The molecule has 25 heavy (non-hydrogen) atoms. The summed E-state index contributed by atoms with van der Waals surface area (Å²) >= 11 is 1.21. The summed E-state index contributed by atoms with van der Waals surface area (Å²) in [5, 5.41) is 25.1. The Hall–Kier alpha value is -3.20. The highest BCUT2D eigenvalue weighted by molar-refractivity contribution is 7.99. The number of benzene rings is 2. The summed E-state index contributed by atoms with van der Waals surface area (Å²) in [6.45, 7) is 0. The molecule has 0 saturated carbocycles. The van der Waals surface area contributed by atoms with Gasteiger partial charge >= 0.3 is 0 Å². The Balaban J connectivity index is 1.53. The summed E-state index contributed by atoms with van der Waals surface area (Å²) in [5.41, 5.74) is 4.02. The van der Waals surface area contributed by atoms with Crippen LogP contribution < -0.4 is 5.43 Å². The molecule has 0 aliphatic carbocycles. The number of phenols is 1. The molecule has 2 N–H and O–H groups in total. The van der Waals surface area contributed by atoms with Gasteiger partial charge in [-0.15, -0.1) is 5.10 Å². The first-order valence-corrected chi connectivity index (χ1v) is 8.28. The maximum Gasteiger partial charge on any atom is 0.250 e. The lowest BCUT2D eigenvalue weighted by Gasteiger charge is -2.03. The predicted molar refractivity (Wildman–Crippen MR) is 93.7 cm³/mol. The lowest BCUT2D eigenvalue weighted by atomic mass is 10.2. The first-order valence-electron chi connectivity index (χ1n) is 7.30. The Morgan fingerprint density at radius 3 is 2.72 bits per heavy atom. The minimum Gasteiger partial charge on any atom is -0.508 e. The third-order valence-electron chi connectivity index (χ3n) is 3.07. The SMILES string of the molecule is O=C(CSc1nnnn1-c1ccccc1)NN=Cc1ccc(O)cc1. The second-order valence-corrected chi connectivity index (χ2v) is 5.82. The van der Waals surface area contributed by atoms with Crippen LogP contribution in [0.15, 0.2) is 64.9 Å². The Morgan fingerprint density at radius 1 is 1.20 bits per heavy atom. The molecule has 0 atom stereocenters. The van der Waals surface area contributed by atoms with E-state index in [-0.39, 0.29) is 17.4 Å². The summed E-state index contributed by atoms with van der Waals surface area (Å²) < 4.78 is 1.57. The zero-order valence-corrected chi connectivity index (χ0v) is 13.8. The van der Waals surface area contributed by atoms with Crippen LogP contribution in [-0.2, 0) is 4.79 Å². The van der Waals surface area contributed by atoms with E-state index in [2.05, 4.69) is 26.1 Å². The Labute approximate surface area is 147 Å². The molecule has 1 heterocycles. The first kappa shape index (κ1) is 16.7. The second kappa shape index (κ2) is 8.06. The average molecular weight is 354 g/mol. The van der Waals surface area contributed by atoms with E-state index in [1.807, 2.05) is 30.3 Å². The largest absolute Gasteiger partial charge is 0.508 e. The molecule has 3 aromatic rings. The molecule has 0 unspecified atom stereocenters. The maximum absolute atomic E-state index is 11.9. The molecule has 0 spiro atoms. The number of para-hydroxylation sites is 1. The number of hydrogen-bond acceptors (Lipinski definition) is 7. The van der Waals surface area contributed by atoms with Crippen LogP contribution in [0.3, 0.4) is 0 Å². The number of hydrogen-bond donors (Lipinski definition) is 2. The third-order valence-corrected chi connectivity index (χ3v) is 3.99. The van der Waals surface area contributed by atoms with Gasteiger partial charge in [0.05, 0.1) is 17.7 Å². The lowest BCUT2D eigenvalue weighted by Crippen LogP contribution is -2.20. The molecule has 3 rings (SSSR count). The summed E-state index contributed by atoms with van der Waals surface area (Å²) in [4.78, 5) is 11.9. The molecule has 126 valence electrons. The highest BCUT2D eigenvalue weighted by Crippen LogP contribution is 2.17.